The number of hydrogen-bond donors (Lipinski definition) is 1. The zero-order valence-corrected chi connectivity index (χ0v) is 11.3. The van der Waals surface area contributed by atoms with Crippen LogP contribution in [0, 0.1) is 0 Å². The molecule has 17 heavy (non-hydrogen) atoms. The van der Waals surface area contributed by atoms with Crippen molar-refractivity contribution >= 4 is 15.9 Å². The molecule has 92 valence electrons. The summed E-state index contributed by atoms with van der Waals surface area (Å²) < 4.78 is 12.6. The average Bonchev–Trinajstić information content (AvgIpc) is 2.39. The zero-order valence-electron chi connectivity index (χ0n) is 9.67. The first-order chi connectivity index (χ1) is 8.36. The Morgan fingerprint density at radius 2 is 2.12 bits per heavy atom. The molecular weight excluding hydrogens is 282 g/mol. The molecule has 1 atom stereocenters. The molecule has 0 spiro atoms. The first kappa shape index (κ1) is 11.4. The highest BCUT2D eigenvalue weighted by Crippen LogP contribution is 2.43. The van der Waals surface area contributed by atoms with Crippen LogP contribution in [0.1, 0.15) is 24.3 Å². The van der Waals surface area contributed by atoms with E-state index in [1.54, 1.807) is 0 Å². The number of halogens is 1. The number of piperidine rings is 1. The predicted octanol–water partition coefficient (Wildman–Crippen LogP) is 2.69. The van der Waals surface area contributed by atoms with Gasteiger partial charge in [-0.3, -0.25) is 0 Å². The SMILES string of the molecule is Brc1ccc2c(c1C1CCCNC1)OCCO2. The maximum atomic E-state index is 5.81. The van der Waals surface area contributed by atoms with Crippen LogP contribution in [0.4, 0.5) is 0 Å². The first-order valence-corrected chi connectivity index (χ1v) is 6.94. The molecule has 0 amide bonds. The van der Waals surface area contributed by atoms with E-state index in [1.165, 1.54) is 18.4 Å². The Labute approximate surface area is 110 Å². The molecule has 0 aromatic heterocycles. The van der Waals surface area contributed by atoms with Gasteiger partial charge in [-0.2, -0.15) is 0 Å². The smallest absolute Gasteiger partial charge is 0.165 e. The van der Waals surface area contributed by atoms with E-state index in [9.17, 15) is 0 Å². The lowest BCUT2D eigenvalue weighted by molar-refractivity contribution is 0.168. The molecule has 1 aromatic rings. The fraction of sp³-hybridized carbons (Fsp3) is 0.538. The van der Waals surface area contributed by atoms with E-state index >= 15 is 0 Å². The van der Waals surface area contributed by atoms with Crippen molar-refractivity contribution in [2.75, 3.05) is 26.3 Å². The van der Waals surface area contributed by atoms with Crippen molar-refractivity contribution in [1.82, 2.24) is 5.32 Å². The van der Waals surface area contributed by atoms with Crippen LogP contribution in [0.3, 0.4) is 0 Å². The molecule has 1 saturated heterocycles. The van der Waals surface area contributed by atoms with Gasteiger partial charge < -0.3 is 14.8 Å². The van der Waals surface area contributed by atoms with E-state index in [-0.39, 0.29) is 0 Å². The molecule has 1 N–H and O–H groups in total. The Balaban J connectivity index is 2.01. The van der Waals surface area contributed by atoms with Gasteiger partial charge in [0.1, 0.15) is 13.2 Å². The van der Waals surface area contributed by atoms with Crippen molar-refractivity contribution in [3.05, 3.63) is 22.2 Å². The Morgan fingerprint density at radius 3 is 2.94 bits per heavy atom. The summed E-state index contributed by atoms with van der Waals surface area (Å²) in [6, 6.07) is 4.05. The van der Waals surface area contributed by atoms with Crippen molar-refractivity contribution in [3.8, 4) is 11.5 Å². The van der Waals surface area contributed by atoms with Gasteiger partial charge in [-0.1, -0.05) is 15.9 Å². The highest BCUT2D eigenvalue weighted by Gasteiger charge is 2.25. The highest BCUT2D eigenvalue weighted by molar-refractivity contribution is 9.10. The van der Waals surface area contributed by atoms with Crippen LogP contribution >= 0.6 is 15.9 Å². The lowest BCUT2D eigenvalue weighted by atomic mass is 9.90. The van der Waals surface area contributed by atoms with Crippen molar-refractivity contribution in [2.45, 2.75) is 18.8 Å². The van der Waals surface area contributed by atoms with Gasteiger partial charge >= 0.3 is 0 Å². The molecule has 4 heteroatoms. The molecule has 1 fully saturated rings. The predicted molar refractivity (Wildman–Crippen MR) is 70.0 cm³/mol. The molecule has 3 nitrogen and oxygen atoms in total. The molecule has 0 bridgehead atoms. The van der Waals surface area contributed by atoms with E-state index in [4.69, 9.17) is 9.47 Å². The Morgan fingerprint density at radius 1 is 1.24 bits per heavy atom. The maximum absolute atomic E-state index is 5.81. The number of rotatable bonds is 1. The highest BCUT2D eigenvalue weighted by atomic mass is 79.9. The minimum absolute atomic E-state index is 0.523. The summed E-state index contributed by atoms with van der Waals surface area (Å²) in [5.74, 6) is 2.36. The number of fused-ring (bicyclic) bond motifs is 1. The summed E-state index contributed by atoms with van der Waals surface area (Å²) >= 11 is 3.65. The minimum Gasteiger partial charge on any atom is -0.486 e. The second-order valence-electron chi connectivity index (χ2n) is 4.53. The van der Waals surface area contributed by atoms with Crippen molar-refractivity contribution < 1.29 is 9.47 Å². The molecule has 0 saturated carbocycles. The van der Waals surface area contributed by atoms with E-state index in [0.29, 0.717) is 19.1 Å². The third kappa shape index (κ3) is 2.16. The summed E-state index contributed by atoms with van der Waals surface area (Å²) in [4.78, 5) is 0. The van der Waals surface area contributed by atoms with Gasteiger partial charge in [-0.15, -0.1) is 0 Å². The second kappa shape index (κ2) is 4.86. The minimum atomic E-state index is 0.523. The molecule has 2 heterocycles. The summed E-state index contributed by atoms with van der Waals surface area (Å²) in [7, 11) is 0. The van der Waals surface area contributed by atoms with Crippen LogP contribution in [-0.4, -0.2) is 26.3 Å². The van der Waals surface area contributed by atoms with E-state index in [1.807, 2.05) is 6.07 Å². The number of benzene rings is 1. The van der Waals surface area contributed by atoms with Crippen molar-refractivity contribution in [3.63, 3.8) is 0 Å². The number of ether oxygens (including phenoxy) is 2. The quantitative estimate of drug-likeness (QED) is 0.864. The summed E-state index contributed by atoms with van der Waals surface area (Å²) in [6.45, 7) is 3.45. The Kier molecular flexibility index (Phi) is 3.25. The van der Waals surface area contributed by atoms with Crippen molar-refractivity contribution in [1.29, 1.82) is 0 Å². The standard InChI is InChI=1S/C13H16BrNO2/c14-10-3-4-11-13(17-7-6-16-11)12(10)9-2-1-5-15-8-9/h3-4,9,15H,1-2,5-8H2. The van der Waals surface area contributed by atoms with Crippen LogP contribution in [0.25, 0.3) is 0 Å². The van der Waals surface area contributed by atoms with Crippen LogP contribution in [0.2, 0.25) is 0 Å². The van der Waals surface area contributed by atoms with Crippen LogP contribution in [0.15, 0.2) is 16.6 Å². The third-order valence-electron chi connectivity index (χ3n) is 3.40. The normalized spacial score (nSPS) is 23.5. The monoisotopic (exact) mass is 297 g/mol. The summed E-state index contributed by atoms with van der Waals surface area (Å²) in [6.07, 6.45) is 2.44. The summed E-state index contributed by atoms with van der Waals surface area (Å²) in [5, 5.41) is 3.45. The van der Waals surface area contributed by atoms with E-state index < -0.39 is 0 Å². The molecule has 2 aliphatic rings. The fourth-order valence-corrected chi connectivity index (χ4v) is 3.23. The van der Waals surface area contributed by atoms with Gasteiger partial charge in [-0.05, 0) is 31.5 Å². The molecule has 3 rings (SSSR count). The van der Waals surface area contributed by atoms with Crippen LogP contribution in [-0.2, 0) is 0 Å². The molecule has 1 unspecified atom stereocenters. The maximum Gasteiger partial charge on any atom is 0.165 e. The fourth-order valence-electron chi connectivity index (χ4n) is 2.59. The van der Waals surface area contributed by atoms with E-state index in [0.717, 1.165) is 29.1 Å². The van der Waals surface area contributed by atoms with E-state index in [2.05, 4.69) is 27.3 Å². The Hall–Kier alpha value is -0.740. The van der Waals surface area contributed by atoms with Gasteiger partial charge in [0.05, 0.1) is 0 Å². The number of nitrogens with one attached hydrogen (secondary N) is 1. The second-order valence-corrected chi connectivity index (χ2v) is 5.38. The largest absolute Gasteiger partial charge is 0.486 e. The topological polar surface area (TPSA) is 30.5 Å². The van der Waals surface area contributed by atoms with Gasteiger partial charge in [0.15, 0.2) is 11.5 Å². The lowest BCUT2D eigenvalue weighted by Crippen LogP contribution is -2.29. The molecule has 1 aromatic carbocycles. The Bertz CT molecular complexity index is 416. The molecule has 0 aliphatic carbocycles. The van der Waals surface area contributed by atoms with Crippen molar-refractivity contribution in [2.24, 2.45) is 0 Å². The van der Waals surface area contributed by atoms with Gasteiger partial charge in [0, 0.05) is 22.5 Å². The van der Waals surface area contributed by atoms with Crippen LogP contribution < -0.4 is 14.8 Å². The molecule has 0 radical (unpaired) electrons. The van der Waals surface area contributed by atoms with Gasteiger partial charge in [-0.25, -0.2) is 0 Å². The molecular formula is C13H16BrNO2. The third-order valence-corrected chi connectivity index (χ3v) is 4.09. The number of hydrogen-bond acceptors (Lipinski definition) is 3. The average molecular weight is 298 g/mol. The van der Waals surface area contributed by atoms with Crippen LogP contribution in [0.5, 0.6) is 11.5 Å². The zero-order chi connectivity index (χ0) is 11.7. The first-order valence-electron chi connectivity index (χ1n) is 6.15. The van der Waals surface area contributed by atoms with Gasteiger partial charge in [0.2, 0.25) is 0 Å². The molecule has 2 aliphatic heterocycles. The lowest BCUT2D eigenvalue weighted by Gasteiger charge is -2.29. The summed E-state index contributed by atoms with van der Waals surface area (Å²) in [5.41, 5.74) is 1.27. The van der Waals surface area contributed by atoms with Gasteiger partial charge in [0.25, 0.3) is 0 Å².